The molecule has 0 radical (unpaired) electrons. The molecule has 1 amide bonds. The van der Waals surface area contributed by atoms with Crippen molar-refractivity contribution in [2.75, 3.05) is 33.3 Å². The van der Waals surface area contributed by atoms with Crippen LogP contribution >= 0.6 is 0 Å². The summed E-state index contributed by atoms with van der Waals surface area (Å²) in [7, 11) is 2.08. The van der Waals surface area contributed by atoms with Gasteiger partial charge in [-0.05, 0) is 38.2 Å². The van der Waals surface area contributed by atoms with Crippen molar-refractivity contribution in [1.82, 2.24) is 9.80 Å². The third kappa shape index (κ3) is 4.07. The van der Waals surface area contributed by atoms with E-state index in [1.54, 1.807) is 0 Å². The van der Waals surface area contributed by atoms with Gasteiger partial charge in [-0.25, -0.2) is 0 Å². The predicted octanol–water partition coefficient (Wildman–Crippen LogP) is 1.20. The Kier molecular flexibility index (Phi) is 5.38. The molecule has 0 bridgehead atoms. The number of aliphatic hydroxyl groups is 1. The lowest BCUT2D eigenvalue weighted by Crippen LogP contribution is -2.52. The Hall–Kier alpha value is -1.83. The summed E-state index contributed by atoms with van der Waals surface area (Å²) in [5, 5.41) is 8.69. The van der Waals surface area contributed by atoms with E-state index in [-0.39, 0.29) is 18.6 Å². The highest BCUT2D eigenvalue weighted by molar-refractivity contribution is 5.94. The number of amides is 1. The van der Waals surface area contributed by atoms with Crippen molar-refractivity contribution < 1.29 is 9.90 Å². The molecule has 1 N–H and O–H groups in total. The van der Waals surface area contributed by atoms with E-state index in [1.807, 2.05) is 29.2 Å². The number of nitrogens with zero attached hydrogens (tertiary/aromatic N) is 2. The van der Waals surface area contributed by atoms with Gasteiger partial charge in [-0.15, -0.1) is 0 Å². The quantitative estimate of drug-likeness (QED) is 0.831. The minimum absolute atomic E-state index is 0.0743. The van der Waals surface area contributed by atoms with E-state index >= 15 is 0 Å². The maximum Gasteiger partial charge on any atom is 0.254 e. The van der Waals surface area contributed by atoms with Gasteiger partial charge in [0, 0.05) is 43.2 Å². The molecule has 0 aromatic heterocycles. The second-order valence-electron chi connectivity index (χ2n) is 5.46. The Morgan fingerprint density at radius 2 is 2.05 bits per heavy atom. The highest BCUT2D eigenvalue weighted by Gasteiger charge is 2.26. The normalized spacial score (nSPS) is 19.0. The van der Waals surface area contributed by atoms with Crippen molar-refractivity contribution in [2.24, 2.45) is 0 Å². The summed E-state index contributed by atoms with van der Waals surface area (Å²) in [6.45, 7) is 4.76. The molecule has 112 valence electrons. The Balaban J connectivity index is 2.05. The molecule has 1 aromatic rings. The van der Waals surface area contributed by atoms with Crippen LogP contribution in [0.3, 0.4) is 0 Å². The van der Waals surface area contributed by atoms with E-state index in [0.29, 0.717) is 12.0 Å². The summed E-state index contributed by atoms with van der Waals surface area (Å²) < 4.78 is 0. The number of hydrogen-bond acceptors (Lipinski definition) is 3. The largest absolute Gasteiger partial charge is 0.395 e. The first kappa shape index (κ1) is 15.6. The van der Waals surface area contributed by atoms with Gasteiger partial charge in [-0.1, -0.05) is 11.8 Å². The second-order valence-corrected chi connectivity index (χ2v) is 5.46. The van der Waals surface area contributed by atoms with Crippen LogP contribution in [0.15, 0.2) is 24.3 Å². The highest BCUT2D eigenvalue weighted by Crippen LogP contribution is 2.13. The summed E-state index contributed by atoms with van der Waals surface area (Å²) in [5.74, 6) is 5.93. The van der Waals surface area contributed by atoms with Crippen molar-refractivity contribution in [3.8, 4) is 11.8 Å². The van der Waals surface area contributed by atoms with Crippen molar-refractivity contribution >= 4 is 5.91 Å². The van der Waals surface area contributed by atoms with Gasteiger partial charge in [-0.2, -0.15) is 0 Å². The fraction of sp³-hybridized carbons (Fsp3) is 0.471. The van der Waals surface area contributed by atoms with E-state index in [0.717, 1.165) is 25.2 Å². The molecule has 1 saturated heterocycles. The van der Waals surface area contributed by atoms with Crippen LogP contribution in [0.5, 0.6) is 0 Å². The standard InChI is InChI=1S/C17H22N2O2/c1-14-13-18(2)10-11-19(14)17(21)16-8-6-15(7-9-16)5-3-4-12-20/h6-9,14,20H,4,10-13H2,1-2H3. The zero-order valence-electron chi connectivity index (χ0n) is 12.7. The topological polar surface area (TPSA) is 43.8 Å². The summed E-state index contributed by atoms with van der Waals surface area (Å²) in [4.78, 5) is 16.7. The van der Waals surface area contributed by atoms with Gasteiger partial charge in [0.05, 0.1) is 6.61 Å². The van der Waals surface area contributed by atoms with Crippen molar-refractivity contribution in [3.05, 3.63) is 35.4 Å². The van der Waals surface area contributed by atoms with Crippen LogP contribution in [0.25, 0.3) is 0 Å². The maximum absolute atomic E-state index is 12.5. The van der Waals surface area contributed by atoms with Gasteiger partial charge in [0.15, 0.2) is 0 Å². The number of hydrogen-bond donors (Lipinski definition) is 1. The number of piperazine rings is 1. The van der Waals surface area contributed by atoms with Gasteiger partial charge in [0.25, 0.3) is 5.91 Å². The number of rotatable bonds is 2. The van der Waals surface area contributed by atoms with Crippen LogP contribution in [-0.2, 0) is 0 Å². The predicted molar refractivity (Wildman–Crippen MR) is 83.0 cm³/mol. The first-order chi connectivity index (χ1) is 10.1. The fourth-order valence-electron chi connectivity index (χ4n) is 2.52. The fourth-order valence-corrected chi connectivity index (χ4v) is 2.52. The van der Waals surface area contributed by atoms with E-state index < -0.39 is 0 Å². The Morgan fingerprint density at radius 3 is 2.67 bits per heavy atom. The third-order valence-electron chi connectivity index (χ3n) is 3.69. The average Bonchev–Trinajstić information content (AvgIpc) is 2.48. The number of carbonyl (C=O) groups is 1. The Morgan fingerprint density at radius 1 is 1.33 bits per heavy atom. The van der Waals surface area contributed by atoms with Crippen LogP contribution in [0, 0.1) is 11.8 Å². The molecule has 0 spiro atoms. The Labute approximate surface area is 126 Å². The van der Waals surface area contributed by atoms with Gasteiger partial charge in [0.1, 0.15) is 0 Å². The SMILES string of the molecule is CC1CN(C)CCN1C(=O)c1ccc(C#CCCO)cc1. The molecular formula is C17H22N2O2. The van der Waals surface area contributed by atoms with Gasteiger partial charge >= 0.3 is 0 Å². The van der Waals surface area contributed by atoms with Crippen molar-refractivity contribution in [2.45, 2.75) is 19.4 Å². The molecule has 1 aromatic carbocycles. The third-order valence-corrected chi connectivity index (χ3v) is 3.69. The molecule has 1 fully saturated rings. The highest BCUT2D eigenvalue weighted by atomic mass is 16.2. The summed E-state index contributed by atoms with van der Waals surface area (Å²) in [5.41, 5.74) is 1.57. The van der Waals surface area contributed by atoms with Gasteiger partial charge < -0.3 is 14.9 Å². The lowest BCUT2D eigenvalue weighted by molar-refractivity contribution is 0.0533. The van der Waals surface area contributed by atoms with E-state index in [1.165, 1.54) is 0 Å². The molecule has 0 aliphatic carbocycles. The molecule has 4 heteroatoms. The summed E-state index contributed by atoms with van der Waals surface area (Å²) in [6, 6.07) is 7.61. The van der Waals surface area contributed by atoms with Crippen LogP contribution in [-0.4, -0.2) is 60.1 Å². The molecule has 1 aliphatic rings. The van der Waals surface area contributed by atoms with E-state index in [4.69, 9.17) is 5.11 Å². The zero-order chi connectivity index (χ0) is 15.2. The zero-order valence-corrected chi connectivity index (χ0v) is 12.7. The average molecular weight is 286 g/mol. The van der Waals surface area contributed by atoms with Crippen LogP contribution < -0.4 is 0 Å². The minimum Gasteiger partial charge on any atom is -0.395 e. The molecule has 0 saturated carbocycles. The van der Waals surface area contributed by atoms with Crippen LogP contribution in [0.4, 0.5) is 0 Å². The number of carbonyl (C=O) groups excluding carboxylic acids is 1. The molecular weight excluding hydrogens is 264 g/mol. The summed E-state index contributed by atoms with van der Waals surface area (Å²) >= 11 is 0. The number of aliphatic hydroxyl groups excluding tert-OH is 1. The first-order valence-corrected chi connectivity index (χ1v) is 7.31. The maximum atomic E-state index is 12.5. The Bertz CT molecular complexity index is 542. The van der Waals surface area contributed by atoms with E-state index in [9.17, 15) is 4.79 Å². The lowest BCUT2D eigenvalue weighted by Gasteiger charge is -2.38. The minimum atomic E-state index is 0.0743. The van der Waals surface area contributed by atoms with Gasteiger partial charge in [-0.3, -0.25) is 4.79 Å². The second kappa shape index (κ2) is 7.26. The smallest absolute Gasteiger partial charge is 0.254 e. The molecule has 1 atom stereocenters. The molecule has 4 nitrogen and oxygen atoms in total. The van der Waals surface area contributed by atoms with Crippen LogP contribution in [0.1, 0.15) is 29.3 Å². The first-order valence-electron chi connectivity index (χ1n) is 7.31. The van der Waals surface area contributed by atoms with Crippen molar-refractivity contribution in [1.29, 1.82) is 0 Å². The van der Waals surface area contributed by atoms with Gasteiger partial charge in [0.2, 0.25) is 0 Å². The molecule has 1 unspecified atom stereocenters. The molecule has 2 rings (SSSR count). The monoisotopic (exact) mass is 286 g/mol. The lowest BCUT2D eigenvalue weighted by atomic mass is 10.1. The van der Waals surface area contributed by atoms with E-state index in [2.05, 4.69) is 30.7 Å². The number of benzene rings is 1. The molecule has 1 heterocycles. The van der Waals surface area contributed by atoms with Crippen LogP contribution in [0.2, 0.25) is 0 Å². The molecule has 1 aliphatic heterocycles. The molecule has 21 heavy (non-hydrogen) atoms. The number of likely N-dealkylation sites (N-methyl/N-ethyl adjacent to an activating group) is 1. The summed E-state index contributed by atoms with van der Waals surface area (Å²) in [6.07, 6.45) is 0.472. The van der Waals surface area contributed by atoms with Crippen molar-refractivity contribution in [3.63, 3.8) is 0 Å².